The Morgan fingerprint density at radius 3 is 2.68 bits per heavy atom. The van der Waals surface area contributed by atoms with Crippen LogP contribution in [0.3, 0.4) is 0 Å². The Morgan fingerprint density at radius 2 is 2.05 bits per heavy atom. The van der Waals surface area contributed by atoms with Gasteiger partial charge in [-0.05, 0) is 25.5 Å². The van der Waals surface area contributed by atoms with E-state index in [1.54, 1.807) is 0 Å². The zero-order valence-corrected chi connectivity index (χ0v) is 13.3. The van der Waals surface area contributed by atoms with Gasteiger partial charge in [0.15, 0.2) is 0 Å². The first-order valence-electron chi connectivity index (χ1n) is 7.87. The van der Waals surface area contributed by atoms with Crippen LogP contribution in [0, 0.1) is 0 Å². The first-order valence-corrected chi connectivity index (χ1v) is 7.87. The topological polar surface area (TPSA) is 61.4 Å². The van der Waals surface area contributed by atoms with Crippen LogP contribution < -0.4 is 10.6 Å². The van der Waals surface area contributed by atoms with Crippen molar-refractivity contribution in [3.63, 3.8) is 0 Å². The van der Waals surface area contributed by atoms with Gasteiger partial charge in [-0.1, -0.05) is 30.3 Å². The third-order valence-corrected chi connectivity index (χ3v) is 4.14. The fourth-order valence-corrected chi connectivity index (χ4v) is 2.93. The van der Waals surface area contributed by atoms with E-state index >= 15 is 0 Å². The summed E-state index contributed by atoms with van der Waals surface area (Å²) in [6.07, 6.45) is 2.43. The number of nitrogens with one attached hydrogen (secondary N) is 2. The van der Waals surface area contributed by atoms with E-state index in [2.05, 4.69) is 10.6 Å². The average molecular weight is 303 g/mol. The van der Waals surface area contributed by atoms with Crippen molar-refractivity contribution in [2.45, 2.75) is 38.3 Å². The molecule has 0 aliphatic carbocycles. The molecular formula is C17H25N3O2. The number of piperidine rings is 1. The zero-order chi connectivity index (χ0) is 15.9. The highest BCUT2D eigenvalue weighted by Gasteiger charge is 2.25. The predicted molar refractivity (Wildman–Crippen MR) is 86.3 cm³/mol. The molecule has 1 saturated heterocycles. The molecule has 0 radical (unpaired) electrons. The monoisotopic (exact) mass is 303 g/mol. The van der Waals surface area contributed by atoms with Crippen LogP contribution in [0.25, 0.3) is 0 Å². The van der Waals surface area contributed by atoms with E-state index in [0.717, 1.165) is 31.5 Å². The summed E-state index contributed by atoms with van der Waals surface area (Å²) >= 11 is 0. The van der Waals surface area contributed by atoms with Gasteiger partial charge in [0.1, 0.15) is 0 Å². The van der Waals surface area contributed by atoms with Gasteiger partial charge in [-0.25, -0.2) is 0 Å². The van der Waals surface area contributed by atoms with Crippen molar-refractivity contribution in [1.82, 2.24) is 15.5 Å². The zero-order valence-electron chi connectivity index (χ0n) is 13.3. The van der Waals surface area contributed by atoms with Crippen molar-refractivity contribution < 1.29 is 9.59 Å². The predicted octanol–water partition coefficient (Wildman–Crippen LogP) is 1.46. The van der Waals surface area contributed by atoms with E-state index in [1.165, 1.54) is 6.92 Å². The highest BCUT2D eigenvalue weighted by atomic mass is 16.2. The van der Waals surface area contributed by atoms with Crippen molar-refractivity contribution in [3.05, 3.63) is 35.9 Å². The first kappa shape index (κ1) is 16.5. The maximum absolute atomic E-state index is 12.6. The van der Waals surface area contributed by atoms with Gasteiger partial charge in [-0.2, -0.15) is 0 Å². The number of hydrogen-bond donors (Lipinski definition) is 2. The van der Waals surface area contributed by atoms with E-state index in [4.69, 9.17) is 0 Å². The molecule has 0 bridgehead atoms. The highest BCUT2D eigenvalue weighted by Crippen LogP contribution is 2.19. The summed E-state index contributed by atoms with van der Waals surface area (Å²) in [4.78, 5) is 25.9. The standard InChI is InChI=1S/C17H25N3O2/c1-13(21)19-16(14-7-4-3-5-8-14)11-17(22)20-10-6-9-15(12-20)18-2/h3-5,7-8,15-16,18H,6,9-12H2,1-2H3,(H,19,21). The summed E-state index contributed by atoms with van der Waals surface area (Å²) in [5.41, 5.74) is 0.966. The molecule has 1 aliphatic rings. The summed E-state index contributed by atoms with van der Waals surface area (Å²) < 4.78 is 0. The quantitative estimate of drug-likeness (QED) is 0.866. The maximum Gasteiger partial charge on any atom is 0.225 e. The molecule has 0 saturated carbocycles. The van der Waals surface area contributed by atoms with E-state index < -0.39 is 0 Å². The van der Waals surface area contributed by atoms with Crippen molar-refractivity contribution >= 4 is 11.8 Å². The average Bonchev–Trinajstić information content (AvgIpc) is 2.54. The van der Waals surface area contributed by atoms with Gasteiger partial charge >= 0.3 is 0 Å². The van der Waals surface area contributed by atoms with Crippen LogP contribution in [0.1, 0.15) is 37.8 Å². The van der Waals surface area contributed by atoms with Gasteiger partial charge in [0.05, 0.1) is 12.5 Å². The minimum atomic E-state index is -0.263. The van der Waals surface area contributed by atoms with Crippen LogP contribution in [0.15, 0.2) is 30.3 Å². The Labute approximate surface area is 132 Å². The van der Waals surface area contributed by atoms with Crippen LogP contribution in [0.4, 0.5) is 0 Å². The number of amides is 2. The Hall–Kier alpha value is -1.88. The third kappa shape index (κ3) is 4.56. The number of carbonyl (C=O) groups is 2. The molecule has 5 heteroatoms. The van der Waals surface area contributed by atoms with Gasteiger partial charge in [-0.15, -0.1) is 0 Å². The number of benzene rings is 1. The largest absolute Gasteiger partial charge is 0.349 e. The molecule has 1 aromatic rings. The van der Waals surface area contributed by atoms with E-state index in [-0.39, 0.29) is 17.9 Å². The number of carbonyl (C=O) groups excluding carboxylic acids is 2. The molecule has 2 atom stereocenters. The molecular weight excluding hydrogens is 278 g/mol. The fraction of sp³-hybridized carbons (Fsp3) is 0.529. The maximum atomic E-state index is 12.6. The molecule has 2 N–H and O–H groups in total. The van der Waals surface area contributed by atoms with Crippen LogP contribution in [-0.4, -0.2) is 42.9 Å². The Balaban J connectivity index is 2.03. The minimum absolute atomic E-state index is 0.0996. The summed E-state index contributed by atoms with van der Waals surface area (Å²) in [6.45, 7) is 3.04. The normalized spacial score (nSPS) is 19.5. The summed E-state index contributed by atoms with van der Waals surface area (Å²) in [5, 5.41) is 6.13. The Kier molecular flexibility index (Phi) is 5.95. The smallest absolute Gasteiger partial charge is 0.225 e. The van der Waals surface area contributed by atoms with Crippen molar-refractivity contribution in [1.29, 1.82) is 0 Å². The number of rotatable bonds is 5. The lowest BCUT2D eigenvalue weighted by molar-refractivity contribution is -0.133. The highest BCUT2D eigenvalue weighted by molar-refractivity contribution is 5.79. The van der Waals surface area contributed by atoms with Crippen LogP contribution in [0.5, 0.6) is 0 Å². The number of likely N-dealkylation sites (tertiary alicyclic amines) is 1. The number of nitrogens with zero attached hydrogens (tertiary/aromatic N) is 1. The molecule has 1 heterocycles. The molecule has 0 spiro atoms. The molecule has 22 heavy (non-hydrogen) atoms. The molecule has 1 fully saturated rings. The summed E-state index contributed by atoms with van der Waals surface area (Å²) in [5.74, 6) is -0.0176. The Morgan fingerprint density at radius 1 is 1.32 bits per heavy atom. The van der Waals surface area contributed by atoms with Crippen LogP contribution in [0.2, 0.25) is 0 Å². The molecule has 5 nitrogen and oxygen atoms in total. The van der Waals surface area contributed by atoms with Gasteiger partial charge in [0, 0.05) is 26.1 Å². The number of hydrogen-bond acceptors (Lipinski definition) is 3. The minimum Gasteiger partial charge on any atom is -0.349 e. The second kappa shape index (κ2) is 7.94. The van der Waals surface area contributed by atoms with Crippen molar-refractivity contribution in [2.75, 3.05) is 20.1 Å². The van der Waals surface area contributed by atoms with Gasteiger partial charge in [0.25, 0.3) is 0 Å². The summed E-state index contributed by atoms with van der Waals surface area (Å²) in [6, 6.07) is 9.77. The third-order valence-electron chi connectivity index (χ3n) is 4.14. The molecule has 1 aliphatic heterocycles. The van der Waals surface area contributed by atoms with E-state index in [1.807, 2.05) is 42.3 Å². The SMILES string of the molecule is CNC1CCCN(C(=O)CC(NC(C)=O)c2ccccc2)C1. The van der Waals surface area contributed by atoms with Gasteiger partial charge in [-0.3, -0.25) is 9.59 Å². The van der Waals surface area contributed by atoms with Crippen LogP contribution >= 0.6 is 0 Å². The van der Waals surface area contributed by atoms with Crippen molar-refractivity contribution in [3.8, 4) is 0 Å². The lowest BCUT2D eigenvalue weighted by Gasteiger charge is -2.33. The van der Waals surface area contributed by atoms with Gasteiger partial charge < -0.3 is 15.5 Å². The lowest BCUT2D eigenvalue weighted by Crippen LogP contribution is -2.47. The molecule has 1 aromatic carbocycles. The molecule has 2 amide bonds. The fourth-order valence-electron chi connectivity index (χ4n) is 2.93. The van der Waals surface area contributed by atoms with E-state index in [9.17, 15) is 9.59 Å². The lowest BCUT2D eigenvalue weighted by atomic mass is 10.0. The first-order chi connectivity index (χ1) is 10.6. The Bertz CT molecular complexity index is 504. The second-order valence-electron chi connectivity index (χ2n) is 5.84. The van der Waals surface area contributed by atoms with Gasteiger partial charge in [0.2, 0.25) is 11.8 Å². The molecule has 120 valence electrons. The molecule has 2 rings (SSSR count). The van der Waals surface area contributed by atoms with Crippen LogP contribution in [-0.2, 0) is 9.59 Å². The second-order valence-corrected chi connectivity index (χ2v) is 5.84. The molecule has 0 aromatic heterocycles. The molecule has 2 unspecified atom stereocenters. The van der Waals surface area contributed by atoms with Crippen molar-refractivity contribution in [2.24, 2.45) is 0 Å². The summed E-state index contributed by atoms with van der Waals surface area (Å²) in [7, 11) is 1.93. The number of likely N-dealkylation sites (N-methyl/N-ethyl adjacent to an activating group) is 1. The van der Waals surface area contributed by atoms with E-state index in [0.29, 0.717) is 12.5 Å².